The Balaban J connectivity index is 1.38. The number of fused-ring (bicyclic) bond motifs is 2. The van der Waals surface area contributed by atoms with Crippen molar-refractivity contribution in [3.63, 3.8) is 0 Å². The highest BCUT2D eigenvalue weighted by atomic mass is 32.1. The second-order valence-electron chi connectivity index (χ2n) is 9.07. The van der Waals surface area contributed by atoms with Crippen LogP contribution in [-0.4, -0.2) is 28.6 Å². The molecule has 0 unspecified atom stereocenters. The van der Waals surface area contributed by atoms with Crippen LogP contribution in [-0.2, 0) is 16.1 Å². The number of anilines is 1. The summed E-state index contributed by atoms with van der Waals surface area (Å²) in [5.41, 5.74) is 3.51. The lowest BCUT2D eigenvalue weighted by Crippen LogP contribution is -2.54. The molecule has 4 aromatic carbocycles. The monoisotopic (exact) mass is 517 g/mol. The third-order valence-corrected chi connectivity index (χ3v) is 7.00. The normalized spacial score (nSPS) is 14.9. The van der Waals surface area contributed by atoms with Gasteiger partial charge in [-0.2, -0.15) is 0 Å². The maximum atomic E-state index is 13.5. The molecule has 0 saturated carbocycles. The molecule has 0 atom stereocenters. The second kappa shape index (κ2) is 9.61. The van der Waals surface area contributed by atoms with Crippen LogP contribution in [0.5, 0.6) is 5.75 Å². The minimum Gasteiger partial charge on any atom is -0.497 e. The zero-order chi connectivity index (χ0) is 26.2. The molecule has 1 aromatic heterocycles. The first kappa shape index (κ1) is 23.6. The Morgan fingerprint density at radius 3 is 2.42 bits per heavy atom. The minimum atomic E-state index is -0.517. The first-order valence-electron chi connectivity index (χ1n) is 12.1. The number of hydrogen-bond donors (Lipinski definition) is 1. The predicted molar refractivity (Wildman–Crippen MR) is 154 cm³/mol. The Morgan fingerprint density at radius 2 is 1.63 bits per heavy atom. The van der Waals surface area contributed by atoms with Crippen molar-refractivity contribution in [2.45, 2.75) is 6.54 Å². The largest absolute Gasteiger partial charge is 0.497 e. The molecular weight excluding hydrogens is 494 g/mol. The van der Waals surface area contributed by atoms with Crippen LogP contribution >= 0.6 is 12.2 Å². The Labute approximate surface area is 224 Å². The molecule has 6 rings (SSSR count). The van der Waals surface area contributed by atoms with E-state index in [0.717, 1.165) is 22.0 Å². The zero-order valence-electron chi connectivity index (χ0n) is 20.5. The fourth-order valence-corrected chi connectivity index (χ4v) is 5.11. The van der Waals surface area contributed by atoms with Gasteiger partial charge in [-0.05, 0) is 71.0 Å². The van der Waals surface area contributed by atoms with Crippen molar-refractivity contribution in [2.75, 3.05) is 12.0 Å². The summed E-state index contributed by atoms with van der Waals surface area (Å²) in [6.45, 7) is 0.650. The van der Waals surface area contributed by atoms with Gasteiger partial charge in [-0.15, -0.1) is 0 Å². The molecule has 5 aromatic rings. The van der Waals surface area contributed by atoms with Crippen molar-refractivity contribution in [3.8, 4) is 5.75 Å². The summed E-state index contributed by atoms with van der Waals surface area (Å²) < 4.78 is 7.36. The number of amides is 2. The maximum absolute atomic E-state index is 13.5. The van der Waals surface area contributed by atoms with Crippen LogP contribution in [0.4, 0.5) is 5.69 Å². The number of rotatable bonds is 5. The lowest BCUT2D eigenvalue weighted by molar-refractivity contribution is -0.122. The Morgan fingerprint density at radius 1 is 0.895 bits per heavy atom. The van der Waals surface area contributed by atoms with Gasteiger partial charge in [-0.3, -0.25) is 19.8 Å². The summed E-state index contributed by atoms with van der Waals surface area (Å²) in [4.78, 5) is 27.8. The van der Waals surface area contributed by atoms with Gasteiger partial charge in [0.15, 0.2) is 5.11 Å². The molecule has 1 aliphatic heterocycles. The molecule has 1 aliphatic rings. The van der Waals surface area contributed by atoms with Crippen LogP contribution < -0.4 is 15.0 Å². The molecule has 2 amide bonds. The topological polar surface area (TPSA) is 63.6 Å². The Bertz CT molecular complexity index is 1770. The summed E-state index contributed by atoms with van der Waals surface area (Å²) in [5.74, 6) is -0.338. The summed E-state index contributed by atoms with van der Waals surface area (Å²) in [5, 5.41) is 6.03. The van der Waals surface area contributed by atoms with E-state index in [2.05, 4.69) is 40.2 Å². The zero-order valence-corrected chi connectivity index (χ0v) is 21.4. The molecule has 186 valence electrons. The minimum absolute atomic E-state index is 0.0167. The number of hydrogen-bond acceptors (Lipinski definition) is 4. The van der Waals surface area contributed by atoms with Gasteiger partial charge in [0.25, 0.3) is 11.8 Å². The van der Waals surface area contributed by atoms with E-state index in [1.807, 2.05) is 42.6 Å². The molecule has 0 spiro atoms. The number of carbonyl (C=O) groups is 2. The van der Waals surface area contributed by atoms with Crippen LogP contribution in [0.3, 0.4) is 0 Å². The van der Waals surface area contributed by atoms with E-state index < -0.39 is 11.8 Å². The van der Waals surface area contributed by atoms with E-state index in [0.29, 0.717) is 18.0 Å². The molecule has 1 saturated heterocycles. The van der Waals surface area contributed by atoms with Crippen molar-refractivity contribution >= 4 is 62.6 Å². The first-order valence-corrected chi connectivity index (χ1v) is 12.5. The van der Waals surface area contributed by atoms with Crippen LogP contribution in [0.15, 0.2) is 103 Å². The summed E-state index contributed by atoms with van der Waals surface area (Å²) in [6, 6.07) is 29.6. The van der Waals surface area contributed by atoms with Crippen LogP contribution in [0.25, 0.3) is 27.8 Å². The molecular formula is C31H23N3O3S. The van der Waals surface area contributed by atoms with Crippen molar-refractivity contribution in [1.82, 2.24) is 9.88 Å². The van der Waals surface area contributed by atoms with E-state index in [1.165, 1.54) is 15.7 Å². The first-order chi connectivity index (χ1) is 18.5. The average Bonchev–Trinajstić information content (AvgIpc) is 3.28. The number of para-hydroxylation sites is 1. The highest BCUT2D eigenvalue weighted by Gasteiger charge is 2.34. The molecule has 7 heteroatoms. The number of thiocarbonyl (C=S) groups is 1. The van der Waals surface area contributed by atoms with Gasteiger partial charge in [-0.1, -0.05) is 54.6 Å². The van der Waals surface area contributed by atoms with E-state index in [-0.39, 0.29) is 10.7 Å². The molecule has 0 radical (unpaired) electrons. The lowest BCUT2D eigenvalue weighted by atomic mass is 10.1. The summed E-state index contributed by atoms with van der Waals surface area (Å²) >= 11 is 5.34. The van der Waals surface area contributed by atoms with Crippen LogP contribution in [0, 0.1) is 0 Å². The molecule has 0 aliphatic carbocycles. The van der Waals surface area contributed by atoms with Gasteiger partial charge in [0.1, 0.15) is 11.3 Å². The number of nitrogens with zero attached hydrogens (tertiary/aromatic N) is 2. The van der Waals surface area contributed by atoms with Crippen molar-refractivity contribution in [3.05, 3.63) is 114 Å². The molecule has 0 bridgehead atoms. The number of carbonyl (C=O) groups excluding carboxylic acids is 2. The van der Waals surface area contributed by atoms with Gasteiger partial charge >= 0.3 is 0 Å². The van der Waals surface area contributed by atoms with Gasteiger partial charge < -0.3 is 9.30 Å². The summed E-state index contributed by atoms with van der Waals surface area (Å²) in [6.07, 6.45) is 3.63. The van der Waals surface area contributed by atoms with E-state index in [1.54, 1.807) is 37.5 Å². The number of nitrogens with one attached hydrogen (secondary N) is 1. The van der Waals surface area contributed by atoms with Gasteiger partial charge in [0.2, 0.25) is 0 Å². The number of methoxy groups -OCH3 is 1. The Hall–Kier alpha value is -4.75. The van der Waals surface area contributed by atoms with Crippen LogP contribution in [0.2, 0.25) is 0 Å². The molecule has 1 fully saturated rings. The number of benzene rings is 4. The highest BCUT2D eigenvalue weighted by molar-refractivity contribution is 7.80. The average molecular weight is 518 g/mol. The lowest BCUT2D eigenvalue weighted by Gasteiger charge is -2.29. The van der Waals surface area contributed by atoms with Crippen molar-refractivity contribution in [2.24, 2.45) is 0 Å². The quantitative estimate of drug-likeness (QED) is 0.185. The Kier molecular flexibility index (Phi) is 5.98. The third-order valence-electron chi connectivity index (χ3n) is 6.72. The maximum Gasteiger partial charge on any atom is 0.270 e. The standard InChI is InChI=1S/C31H23N3O3S/c1-37-25-14-12-24(13-15-25)34-30(36)27(29(35)32-31(34)38)17-23-19-33(28-9-5-4-8-26(23)28)18-20-10-11-21-6-2-3-7-22(21)16-20/h2-17,19H,18H2,1H3,(H,32,35,38)/b27-17+. The summed E-state index contributed by atoms with van der Waals surface area (Å²) in [7, 11) is 1.57. The predicted octanol–water partition coefficient (Wildman–Crippen LogP) is 5.68. The molecule has 1 N–H and O–H groups in total. The molecule has 6 nitrogen and oxygen atoms in total. The molecule has 2 heterocycles. The highest BCUT2D eigenvalue weighted by Crippen LogP contribution is 2.28. The van der Waals surface area contributed by atoms with Crippen molar-refractivity contribution < 1.29 is 14.3 Å². The number of aromatic nitrogens is 1. The van der Waals surface area contributed by atoms with Gasteiger partial charge in [0.05, 0.1) is 12.8 Å². The third kappa shape index (κ3) is 4.23. The second-order valence-corrected chi connectivity index (χ2v) is 9.45. The van der Waals surface area contributed by atoms with Crippen molar-refractivity contribution in [1.29, 1.82) is 0 Å². The van der Waals surface area contributed by atoms with Gasteiger partial charge in [0, 0.05) is 29.2 Å². The van der Waals surface area contributed by atoms with Gasteiger partial charge in [-0.25, -0.2) is 0 Å². The fraction of sp³-hybridized carbons (Fsp3) is 0.0645. The van der Waals surface area contributed by atoms with E-state index in [4.69, 9.17) is 17.0 Å². The van der Waals surface area contributed by atoms with E-state index >= 15 is 0 Å². The SMILES string of the molecule is COc1ccc(N2C(=O)/C(=C/c3cn(Cc4ccc5ccccc5c4)c4ccccc34)C(=O)NC2=S)cc1. The van der Waals surface area contributed by atoms with E-state index in [9.17, 15) is 9.59 Å². The van der Waals surface area contributed by atoms with Crippen LogP contribution in [0.1, 0.15) is 11.1 Å². The fourth-order valence-electron chi connectivity index (χ4n) is 4.83. The molecule has 38 heavy (non-hydrogen) atoms. The number of ether oxygens (including phenoxy) is 1. The smallest absolute Gasteiger partial charge is 0.270 e.